The molecule has 0 aliphatic carbocycles. The SMILES string of the molecule is Cc1ccc(Sc2ccccc2CNC(C)C)c(C)c1. The average molecular weight is 285 g/mol. The van der Waals surface area contributed by atoms with E-state index < -0.39 is 0 Å². The van der Waals surface area contributed by atoms with E-state index in [1.54, 1.807) is 0 Å². The highest BCUT2D eigenvalue weighted by molar-refractivity contribution is 7.99. The molecule has 0 atom stereocenters. The number of rotatable bonds is 5. The lowest BCUT2D eigenvalue weighted by Crippen LogP contribution is -2.22. The molecule has 1 N–H and O–H groups in total. The van der Waals surface area contributed by atoms with Crippen molar-refractivity contribution in [1.82, 2.24) is 5.32 Å². The molecular weight excluding hydrogens is 262 g/mol. The molecule has 1 nitrogen and oxygen atoms in total. The smallest absolute Gasteiger partial charge is 0.0219 e. The lowest BCUT2D eigenvalue weighted by atomic mass is 10.2. The minimum Gasteiger partial charge on any atom is -0.310 e. The van der Waals surface area contributed by atoms with Crippen molar-refractivity contribution < 1.29 is 0 Å². The molecule has 2 rings (SSSR count). The number of nitrogens with one attached hydrogen (secondary N) is 1. The van der Waals surface area contributed by atoms with Gasteiger partial charge in [-0.15, -0.1) is 0 Å². The van der Waals surface area contributed by atoms with Gasteiger partial charge in [0.2, 0.25) is 0 Å². The standard InChI is InChI=1S/C18H23NS/c1-13(2)19-12-16-7-5-6-8-18(16)20-17-10-9-14(3)11-15(17)4/h5-11,13,19H,12H2,1-4H3. The molecule has 0 fully saturated rings. The van der Waals surface area contributed by atoms with Gasteiger partial charge in [0.05, 0.1) is 0 Å². The molecule has 2 heteroatoms. The summed E-state index contributed by atoms with van der Waals surface area (Å²) in [5.74, 6) is 0. The molecule has 0 aliphatic heterocycles. The van der Waals surface area contributed by atoms with Crippen molar-refractivity contribution in [2.75, 3.05) is 0 Å². The van der Waals surface area contributed by atoms with Crippen LogP contribution in [-0.2, 0) is 6.54 Å². The zero-order chi connectivity index (χ0) is 14.5. The minimum absolute atomic E-state index is 0.508. The lowest BCUT2D eigenvalue weighted by Gasteiger charge is -2.13. The number of hydrogen-bond donors (Lipinski definition) is 1. The molecule has 0 amide bonds. The summed E-state index contributed by atoms with van der Waals surface area (Å²) in [6.07, 6.45) is 0. The third kappa shape index (κ3) is 4.12. The highest BCUT2D eigenvalue weighted by Crippen LogP contribution is 2.32. The second kappa shape index (κ2) is 6.96. The molecule has 0 spiro atoms. The van der Waals surface area contributed by atoms with Gasteiger partial charge in [0.15, 0.2) is 0 Å². The summed E-state index contributed by atoms with van der Waals surface area (Å²) in [6, 6.07) is 15.8. The highest BCUT2D eigenvalue weighted by Gasteiger charge is 2.06. The fourth-order valence-electron chi connectivity index (χ4n) is 2.10. The molecule has 106 valence electrons. The van der Waals surface area contributed by atoms with E-state index in [1.807, 2.05) is 11.8 Å². The number of aryl methyl sites for hydroxylation is 2. The molecule has 0 aliphatic rings. The Kier molecular flexibility index (Phi) is 5.27. The van der Waals surface area contributed by atoms with Crippen LogP contribution >= 0.6 is 11.8 Å². The second-order valence-corrected chi connectivity index (χ2v) is 6.60. The van der Waals surface area contributed by atoms with Crippen LogP contribution in [0.2, 0.25) is 0 Å². The van der Waals surface area contributed by atoms with E-state index in [2.05, 4.69) is 75.5 Å². The van der Waals surface area contributed by atoms with Crippen molar-refractivity contribution in [1.29, 1.82) is 0 Å². The molecule has 0 unspecified atom stereocenters. The van der Waals surface area contributed by atoms with Gasteiger partial charge in [-0.3, -0.25) is 0 Å². The molecule has 0 saturated carbocycles. The van der Waals surface area contributed by atoms with E-state index in [0.717, 1.165) is 6.54 Å². The van der Waals surface area contributed by atoms with E-state index in [0.29, 0.717) is 6.04 Å². The molecule has 2 aromatic rings. The Morgan fingerprint density at radius 3 is 2.45 bits per heavy atom. The van der Waals surface area contributed by atoms with Crippen molar-refractivity contribution in [2.24, 2.45) is 0 Å². The fourth-order valence-corrected chi connectivity index (χ4v) is 3.11. The van der Waals surface area contributed by atoms with Crippen molar-refractivity contribution in [3.8, 4) is 0 Å². The summed E-state index contributed by atoms with van der Waals surface area (Å²) in [5.41, 5.74) is 4.04. The Morgan fingerprint density at radius 1 is 1.00 bits per heavy atom. The van der Waals surface area contributed by atoms with Crippen LogP contribution in [0.25, 0.3) is 0 Å². The fraction of sp³-hybridized carbons (Fsp3) is 0.333. The first kappa shape index (κ1) is 15.1. The molecular formula is C18H23NS. The predicted molar refractivity (Wildman–Crippen MR) is 88.5 cm³/mol. The van der Waals surface area contributed by atoms with Crippen LogP contribution in [0.5, 0.6) is 0 Å². The number of benzene rings is 2. The van der Waals surface area contributed by atoms with Crippen LogP contribution in [0.1, 0.15) is 30.5 Å². The van der Waals surface area contributed by atoms with Crippen LogP contribution in [-0.4, -0.2) is 6.04 Å². The first-order valence-electron chi connectivity index (χ1n) is 7.12. The van der Waals surface area contributed by atoms with Crippen molar-refractivity contribution in [3.63, 3.8) is 0 Å². The van der Waals surface area contributed by atoms with Crippen LogP contribution < -0.4 is 5.32 Å². The van der Waals surface area contributed by atoms with Gasteiger partial charge in [-0.1, -0.05) is 61.5 Å². The van der Waals surface area contributed by atoms with E-state index >= 15 is 0 Å². The van der Waals surface area contributed by atoms with Gasteiger partial charge in [0.25, 0.3) is 0 Å². The minimum atomic E-state index is 0.508. The van der Waals surface area contributed by atoms with Gasteiger partial charge in [0, 0.05) is 22.4 Å². The van der Waals surface area contributed by atoms with Gasteiger partial charge >= 0.3 is 0 Å². The van der Waals surface area contributed by atoms with Crippen molar-refractivity contribution in [3.05, 3.63) is 59.2 Å². The van der Waals surface area contributed by atoms with Gasteiger partial charge in [-0.05, 0) is 37.1 Å². The van der Waals surface area contributed by atoms with Crippen molar-refractivity contribution in [2.45, 2.75) is 50.1 Å². The summed E-state index contributed by atoms with van der Waals surface area (Å²) in [7, 11) is 0. The van der Waals surface area contributed by atoms with Gasteiger partial charge in [-0.25, -0.2) is 0 Å². The molecule has 20 heavy (non-hydrogen) atoms. The van der Waals surface area contributed by atoms with E-state index in [4.69, 9.17) is 0 Å². The largest absolute Gasteiger partial charge is 0.310 e. The number of hydrogen-bond acceptors (Lipinski definition) is 2. The van der Waals surface area contributed by atoms with Gasteiger partial charge in [-0.2, -0.15) is 0 Å². The Morgan fingerprint density at radius 2 is 1.75 bits per heavy atom. The zero-order valence-corrected chi connectivity index (χ0v) is 13.6. The Labute approximate surface area is 126 Å². The third-order valence-electron chi connectivity index (χ3n) is 3.22. The van der Waals surface area contributed by atoms with E-state index in [1.165, 1.54) is 26.5 Å². The second-order valence-electron chi connectivity index (χ2n) is 5.51. The molecule has 0 saturated heterocycles. The first-order valence-corrected chi connectivity index (χ1v) is 7.94. The predicted octanol–water partition coefficient (Wildman–Crippen LogP) is 4.95. The topological polar surface area (TPSA) is 12.0 Å². The van der Waals surface area contributed by atoms with E-state index in [9.17, 15) is 0 Å². The maximum absolute atomic E-state index is 3.50. The summed E-state index contributed by atoms with van der Waals surface area (Å²) >= 11 is 1.86. The van der Waals surface area contributed by atoms with Crippen LogP contribution in [0.4, 0.5) is 0 Å². The maximum atomic E-state index is 3.50. The van der Waals surface area contributed by atoms with Gasteiger partial charge < -0.3 is 5.32 Å². The summed E-state index contributed by atoms with van der Waals surface area (Å²) in [6.45, 7) is 9.61. The quantitative estimate of drug-likeness (QED) is 0.834. The first-order chi connectivity index (χ1) is 9.56. The Hall–Kier alpha value is -1.25. The Balaban J connectivity index is 2.20. The summed E-state index contributed by atoms with van der Waals surface area (Å²) in [4.78, 5) is 2.68. The molecule has 2 aromatic carbocycles. The molecule has 0 heterocycles. The lowest BCUT2D eigenvalue weighted by molar-refractivity contribution is 0.585. The molecule has 0 radical (unpaired) electrons. The summed E-state index contributed by atoms with van der Waals surface area (Å²) in [5, 5.41) is 3.50. The molecule has 0 aromatic heterocycles. The zero-order valence-electron chi connectivity index (χ0n) is 12.7. The van der Waals surface area contributed by atoms with Crippen LogP contribution in [0.3, 0.4) is 0 Å². The summed E-state index contributed by atoms with van der Waals surface area (Å²) < 4.78 is 0. The van der Waals surface area contributed by atoms with Crippen LogP contribution in [0, 0.1) is 13.8 Å². The maximum Gasteiger partial charge on any atom is 0.0219 e. The monoisotopic (exact) mass is 285 g/mol. The Bertz CT molecular complexity index is 575. The normalized spacial score (nSPS) is 11.1. The van der Waals surface area contributed by atoms with Gasteiger partial charge in [0.1, 0.15) is 0 Å². The van der Waals surface area contributed by atoms with Crippen molar-refractivity contribution >= 4 is 11.8 Å². The highest BCUT2D eigenvalue weighted by atomic mass is 32.2. The molecule has 0 bridgehead atoms. The third-order valence-corrected chi connectivity index (χ3v) is 4.52. The average Bonchev–Trinajstić information content (AvgIpc) is 2.41. The van der Waals surface area contributed by atoms with Crippen LogP contribution in [0.15, 0.2) is 52.3 Å². The van der Waals surface area contributed by atoms with E-state index in [-0.39, 0.29) is 0 Å².